The van der Waals surface area contributed by atoms with Gasteiger partial charge in [-0.15, -0.1) is 0 Å². The maximum atomic E-state index is 12.5. The molecule has 0 unspecified atom stereocenters. The Morgan fingerprint density at radius 3 is 2.69 bits per heavy atom. The van der Waals surface area contributed by atoms with Crippen molar-refractivity contribution in [3.63, 3.8) is 0 Å². The van der Waals surface area contributed by atoms with Crippen LogP contribution in [0.25, 0.3) is 11.3 Å². The zero-order valence-corrected chi connectivity index (χ0v) is 15.3. The van der Waals surface area contributed by atoms with Crippen LogP contribution in [-0.2, 0) is 9.84 Å². The van der Waals surface area contributed by atoms with Gasteiger partial charge in [0.15, 0.2) is 15.6 Å². The standard InChI is InChI=1S/C16H15ClN2O6S/c1-18(11-6-7-26(23,24)9-11)16(20)15-5-4-14(25-15)12-3-2-10(17)8-13(12)19(21)22/h2-5,8,11H,6-7,9H2,1H3/t11-/m0/s1. The van der Waals surface area contributed by atoms with Gasteiger partial charge in [0.05, 0.1) is 22.0 Å². The molecule has 138 valence electrons. The van der Waals surface area contributed by atoms with Gasteiger partial charge in [0.2, 0.25) is 0 Å². The molecule has 0 bridgehead atoms. The summed E-state index contributed by atoms with van der Waals surface area (Å²) in [4.78, 5) is 24.5. The molecule has 1 fully saturated rings. The van der Waals surface area contributed by atoms with Crippen LogP contribution < -0.4 is 0 Å². The van der Waals surface area contributed by atoms with E-state index in [0.717, 1.165) is 0 Å². The minimum atomic E-state index is -3.13. The first-order valence-electron chi connectivity index (χ1n) is 7.70. The largest absolute Gasteiger partial charge is 0.451 e. The Morgan fingerprint density at radius 1 is 1.35 bits per heavy atom. The van der Waals surface area contributed by atoms with Crippen molar-refractivity contribution >= 4 is 33.0 Å². The number of nitro benzene ring substituents is 1. The molecule has 1 aromatic heterocycles. The van der Waals surface area contributed by atoms with Gasteiger partial charge < -0.3 is 9.32 Å². The van der Waals surface area contributed by atoms with Crippen molar-refractivity contribution in [3.8, 4) is 11.3 Å². The third-order valence-corrected chi connectivity index (χ3v) is 6.30. The highest BCUT2D eigenvalue weighted by Gasteiger charge is 2.34. The first-order valence-corrected chi connectivity index (χ1v) is 9.89. The van der Waals surface area contributed by atoms with Gasteiger partial charge in [0.1, 0.15) is 5.76 Å². The number of rotatable bonds is 4. The van der Waals surface area contributed by atoms with E-state index in [4.69, 9.17) is 16.0 Å². The summed E-state index contributed by atoms with van der Waals surface area (Å²) in [5.41, 5.74) is -0.0364. The number of benzene rings is 1. The Kier molecular flexibility index (Phi) is 4.76. The molecule has 0 saturated carbocycles. The minimum Gasteiger partial charge on any atom is -0.451 e. The quantitative estimate of drug-likeness (QED) is 0.578. The number of amides is 1. The second-order valence-electron chi connectivity index (χ2n) is 6.06. The van der Waals surface area contributed by atoms with Crippen LogP contribution in [0.1, 0.15) is 17.0 Å². The summed E-state index contributed by atoms with van der Waals surface area (Å²) in [5.74, 6) is -0.364. The van der Waals surface area contributed by atoms with Gasteiger partial charge >= 0.3 is 0 Å². The second-order valence-corrected chi connectivity index (χ2v) is 8.72. The fourth-order valence-corrected chi connectivity index (χ4v) is 4.82. The summed E-state index contributed by atoms with van der Waals surface area (Å²) in [5, 5.41) is 11.4. The van der Waals surface area contributed by atoms with Crippen molar-refractivity contribution in [1.29, 1.82) is 0 Å². The summed E-state index contributed by atoms with van der Waals surface area (Å²) in [6.45, 7) is 0. The lowest BCUT2D eigenvalue weighted by molar-refractivity contribution is -0.384. The number of nitro groups is 1. The average molecular weight is 399 g/mol. The maximum absolute atomic E-state index is 12.5. The number of carbonyl (C=O) groups is 1. The Labute approximate surface area is 154 Å². The lowest BCUT2D eigenvalue weighted by atomic mass is 10.1. The second kappa shape index (κ2) is 6.73. The summed E-state index contributed by atoms with van der Waals surface area (Å²) in [6.07, 6.45) is 0.376. The van der Waals surface area contributed by atoms with E-state index in [2.05, 4.69) is 0 Å². The molecule has 1 aliphatic rings. The lowest BCUT2D eigenvalue weighted by Gasteiger charge is -2.22. The zero-order valence-electron chi connectivity index (χ0n) is 13.7. The molecule has 1 aliphatic heterocycles. The molecular weight excluding hydrogens is 384 g/mol. The van der Waals surface area contributed by atoms with Gasteiger partial charge in [-0.2, -0.15) is 0 Å². The van der Waals surface area contributed by atoms with E-state index in [1.807, 2.05) is 0 Å². The molecule has 0 aliphatic carbocycles. The molecule has 1 aromatic carbocycles. The van der Waals surface area contributed by atoms with E-state index in [-0.39, 0.29) is 39.3 Å². The summed E-state index contributed by atoms with van der Waals surface area (Å²) in [6, 6.07) is 6.60. The normalized spacial score (nSPS) is 18.6. The SMILES string of the molecule is CN(C(=O)c1ccc(-c2ccc(Cl)cc2[N+](=O)[O-])o1)[C@H]1CCS(=O)(=O)C1. The summed E-state index contributed by atoms with van der Waals surface area (Å²) < 4.78 is 28.7. The van der Waals surface area contributed by atoms with Crippen LogP contribution in [-0.4, -0.2) is 48.7 Å². The van der Waals surface area contributed by atoms with Crippen molar-refractivity contribution in [2.24, 2.45) is 0 Å². The van der Waals surface area contributed by atoms with Crippen LogP contribution in [0.15, 0.2) is 34.7 Å². The monoisotopic (exact) mass is 398 g/mol. The fraction of sp³-hybridized carbons (Fsp3) is 0.312. The molecular formula is C16H15ClN2O6S. The van der Waals surface area contributed by atoms with Crippen LogP contribution in [0.4, 0.5) is 5.69 Å². The number of halogens is 1. The van der Waals surface area contributed by atoms with E-state index in [1.54, 1.807) is 0 Å². The van der Waals surface area contributed by atoms with E-state index in [9.17, 15) is 23.3 Å². The summed E-state index contributed by atoms with van der Waals surface area (Å²) >= 11 is 5.80. The summed E-state index contributed by atoms with van der Waals surface area (Å²) in [7, 11) is -1.61. The maximum Gasteiger partial charge on any atom is 0.289 e. The van der Waals surface area contributed by atoms with Crippen LogP contribution in [0.5, 0.6) is 0 Å². The van der Waals surface area contributed by atoms with E-state index in [0.29, 0.717) is 6.42 Å². The number of sulfone groups is 1. The predicted octanol–water partition coefficient (Wildman–Crippen LogP) is 2.77. The molecule has 8 nitrogen and oxygen atoms in total. The van der Waals surface area contributed by atoms with Crippen molar-refractivity contribution in [1.82, 2.24) is 4.90 Å². The Balaban J connectivity index is 1.86. The van der Waals surface area contributed by atoms with Gasteiger partial charge in [0.25, 0.3) is 11.6 Å². The van der Waals surface area contributed by atoms with Crippen LogP contribution in [0.3, 0.4) is 0 Å². The molecule has 2 heterocycles. The lowest BCUT2D eigenvalue weighted by Crippen LogP contribution is -2.37. The van der Waals surface area contributed by atoms with E-state index >= 15 is 0 Å². The molecule has 2 aromatic rings. The van der Waals surface area contributed by atoms with Crippen LogP contribution in [0, 0.1) is 10.1 Å². The minimum absolute atomic E-state index is 0.0176. The predicted molar refractivity (Wildman–Crippen MR) is 95.0 cm³/mol. The van der Waals surface area contributed by atoms with E-state index < -0.39 is 26.7 Å². The van der Waals surface area contributed by atoms with Gasteiger partial charge in [-0.25, -0.2) is 8.42 Å². The first kappa shape index (κ1) is 18.4. The third kappa shape index (κ3) is 3.58. The molecule has 1 amide bonds. The zero-order chi connectivity index (χ0) is 19.1. The van der Waals surface area contributed by atoms with Gasteiger partial charge in [-0.1, -0.05) is 11.6 Å². The Bertz CT molecular complexity index is 984. The van der Waals surface area contributed by atoms with Crippen molar-refractivity contribution in [2.45, 2.75) is 12.5 Å². The van der Waals surface area contributed by atoms with Crippen LogP contribution in [0.2, 0.25) is 5.02 Å². The molecule has 0 spiro atoms. The van der Waals surface area contributed by atoms with E-state index in [1.165, 1.54) is 42.3 Å². The smallest absolute Gasteiger partial charge is 0.289 e. The van der Waals surface area contributed by atoms with Crippen molar-refractivity contribution in [3.05, 3.63) is 51.2 Å². The Morgan fingerprint density at radius 2 is 2.08 bits per heavy atom. The first-order chi connectivity index (χ1) is 12.2. The van der Waals surface area contributed by atoms with Gasteiger partial charge in [-0.05, 0) is 30.7 Å². The van der Waals surface area contributed by atoms with Crippen LogP contribution >= 0.6 is 11.6 Å². The highest BCUT2D eigenvalue weighted by atomic mass is 35.5. The van der Waals surface area contributed by atoms with Gasteiger partial charge in [0, 0.05) is 24.2 Å². The molecule has 0 radical (unpaired) electrons. The highest BCUT2D eigenvalue weighted by molar-refractivity contribution is 7.91. The molecule has 0 N–H and O–H groups in total. The average Bonchev–Trinajstić information content (AvgIpc) is 3.20. The Hall–Kier alpha value is -2.39. The van der Waals surface area contributed by atoms with Crippen molar-refractivity contribution in [2.75, 3.05) is 18.6 Å². The molecule has 26 heavy (non-hydrogen) atoms. The molecule has 1 atom stereocenters. The number of hydrogen-bond donors (Lipinski definition) is 0. The number of furan rings is 1. The van der Waals surface area contributed by atoms with Gasteiger partial charge in [-0.3, -0.25) is 14.9 Å². The number of nitrogens with zero attached hydrogens (tertiary/aromatic N) is 2. The molecule has 10 heteroatoms. The fourth-order valence-electron chi connectivity index (χ4n) is 2.88. The van der Waals surface area contributed by atoms with Crippen molar-refractivity contribution < 1.29 is 22.6 Å². The topological polar surface area (TPSA) is 111 Å². The number of carbonyl (C=O) groups excluding carboxylic acids is 1. The third-order valence-electron chi connectivity index (χ3n) is 4.32. The molecule has 3 rings (SSSR count). The number of hydrogen-bond acceptors (Lipinski definition) is 6. The molecule has 1 saturated heterocycles. The highest BCUT2D eigenvalue weighted by Crippen LogP contribution is 2.33.